The molecule has 3 amide bonds. The molecular formula is C54H73FN10O12. The first-order chi connectivity index (χ1) is 36.6. The van der Waals surface area contributed by atoms with E-state index in [0.717, 1.165) is 22.2 Å². The molecule has 0 radical (unpaired) electrons. The molecule has 0 spiro atoms. The maximum atomic E-state index is 15.5. The number of hydrogen-bond donors (Lipinski definition) is 3. The fourth-order valence-electron chi connectivity index (χ4n) is 11.0. The van der Waals surface area contributed by atoms with Crippen LogP contribution < -0.4 is 16.1 Å². The minimum atomic E-state index is -1.91. The molecule has 3 aliphatic heterocycles. The number of aryl methyl sites for hydroxylation is 1. The number of ketones is 1. The first-order valence-corrected chi connectivity index (χ1v) is 26.0. The standard InChI is InChI=1S/C54H73FN10O12/c1-12-62(10)39-24-31(3)73-50(43(39)68)76-46-33(5)44(75-40(66)25-36-16-15-22-57-27-36)34(6)49(69)74-35(7)54(9)45(32(4)42(67)30(2)26-53(46,8)72-11)64(52(71)77-54)65(51(70)61-38-19-17-37(55)18-20-38)48-41-47(58-28-59-48)63(29-60-41)23-14-13-21-56/h12,15-20,22,27-35,39,43-46,50,68H,1,13-14,21,23-26,56H2,2-11H3,(H,61,70)/t30-,31-,32+,33+,34-,35-,39+,43-,44+,45-,46-,50?,53-,54-/m1/s1. The van der Waals surface area contributed by atoms with Crippen molar-refractivity contribution in [1.82, 2.24) is 34.4 Å². The van der Waals surface area contributed by atoms with E-state index in [1.165, 1.54) is 58.9 Å². The molecule has 0 saturated carbocycles. The Bertz CT molecular complexity index is 2740. The summed E-state index contributed by atoms with van der Waals surface area (Å²) < 4.78 is 54.5. The number of benzene rings is 1. The number of nitrogens with one attached hydrogen (secondary N) is 1. The van der Waals surface area contributed by atoms with Crippen molar-refractivity contribution in [3.63, 3.8) is 0 Å². The number of ether oxygens (including phenoxy) is 6. The molecule has 4 N–H and O–H groups in total. The molecule has 14 atom stereocenters. The predicted octanol–water partition coefficient (Wildman–Crippen LogP) is 5.97. The van der Waals surface area contributed by atoms with Gasteiger partial charge in [-0.1, -0.05) is 33.4 Å². The molecule has 6 heterocycles. The summed E-state index contributed by atoms with van der Waals surface area (Å²) in [6.45, 7) is 17.9. The van der Waals surface area contributed by atoms with Gasteiger partial charge in [-0.15, -0.1) is 0 Å². The molecule has 7 rings (SSSR count). The summed E-state index contributed by atoms with van der Waals surface area (Å²) in [5, 5.41) is 16.5. The molecule has 3 aliphatic rings. The van der Waals surface area contributed by atoms with Crippen LogP contribution in [0.1, 0.15) is 86.6 Å². The third-order valence-corrected chi connectivity index (χ3v) is 15.5. The third kappa shape index (κ3) is 12.2. The first kappa shape index (κ1) is 58.0. The highest BCUT2D eigenvalue weighted by Gasteiger charge is 2.63. The van der Waals surface area contributed by atoms with Gasteiger partial charge in [0.25, 0.3) is 0 Å². The van der Waals surface area contributed by atoms with Crippen molar-refractivity contribution in [3.8, 4) is 0 Å². The van der Waals surface area contributed by atoms with Crippen LogP contribution in [0.2, 0.25) is 0 Å². The van der Waals surface area contributed by atoms with E-state index in [9.17, 15) is 23.9 Å². The number of esters is 2. The van der Waals surface area contributed by atoms with Gasteiger partial charge in [-0.3, -0.25) is 19.4 Å². The number of halogens is 1. The maximum Gasteiger partial charge on any atom is 0.430 e. The number of nitrogens with two attached hydrogens (primary N) is 1. The lowest BCUT2D eigenvalue weighted by Crippen LogP contribution is -2.63. The number of aliphatic hydroxyl groups is 1. The number of urea groups is 1. The Morgan fingerprint density at radius 2 is 1.77 bits per heavy atom. The van der Waals surface area contributed by atoms with Gasteiger partial charge >= 0.3 is 24.1 Å². The van der Waals surface area contributed by atoms with Gasteiger partial charge < -0.3 is 54.0 Å². The lowest BCUT2D eigenvalue weighted by molar-refractivity contribution is -0.301. The highest BCUT2D eigenvalue weighted by molar-refractivity contribution is 6.06. The van der Waals surface area contributed by atoms with Crippen LogP contribution in [-0.4, -0.2) is 150 Å². The number of likely N-dealkylation sites (N-methyl/N-ethyl adjacent to an activating group) is 1. The number of hydrazine groups is 1. The van der Waals surface area contributed by atoms with Crippen LogP contribution in [0.3, 0.4) is 0 Å². The van der Waals surface area contributed by atoms with Crippen LogP contribution in [0, 0.1) is 29.5 Å². The highest BCUT2D eigenvalue weighted by atomic mass is 19.1. The van der Waals surface area contributed by atoms with E-state index in [2.05, 4.69) is 31.8 Å². The van der Waals surface area contributed by atoms with Crippen LogP contribution in [-0.2, 0) is 55.8 Å². The molecule has 77 heavy (non-hydrogen) atoms. The molecule has 418 valence electrons. The molecule has 1 unspecified atom stereocenters. The minimum Gasteiger partial charge on any atom is -0.461 e. The third-order valence-electron chi connectivity index (χ3n) is 15.5. The van der Waals surface area contributed by atoms with Crippen molar-refractivity contribution in [2.45, 2.75) is 154 Å². The second-order valence-corrected chi connectivity index (χ2v) is 20.9. The summed E-state index contributed by atoms with van der Waals surface area (Å²) in [6, 6.07) is 5.38. The molecule has 4 aromatic rings. The molecule has 0 aliphatic carbocycles. The number of methoxy groups -OCH3 is 1. The Balaban J connectivity index is 1.36. The van der Waals surface area contributed by atoms with Gasteiger partial charge in [0.15, 0.2) is 28.9 Å². The summed E-state index contributed by atoms with van der Waals surface area (Å²) in [5.74, 6) is -7.17. The Hall–Kier alpha value is -6.66. The normalized spacial score (nSPS) is 31.1. The molecule has 23 heteroatoms. The summed E-state index contributed by atoms with van der Waals surface area (Å²) in [7, 11) is 3.21. The average Bonchev–Trinajstić information content (AvgIpc) is 3.96. The zero-order valence-corrected chi connectivity index (χ0v) is 45.4. The van der Waals surface area contributed by atoms with Crippen molar-refractivity contribution >= 4 is 52.5 Å². The SMILES string of the molecule is C=CN(C)[C@H]1C[C@@H](C)OC(O[C@@H]2[C@@H](C)[C@H](OC(=O)Cc3cccnc3)[C@@H](C)C(=O)O[C@H](C)[C@@]3(C)OC(=O)N(N(C(=O)Nc4ccc(F)cc4)c4ncnc5c4ncn5CCCCN)[C@@H]3[C@@H](C)C(=O)[C@H](C)C[C@@]2(C)OC)[C@@H]1O. The Labute approximate surface area is 447 Å². The molecule has 3 aromatic heterocycles. The number of aliphatic hydroxyl groups excluding tert-OH is 1. The number of carbonyl (C=O) groups excluding carboxylic acids is 5. The number of amides is 3. The molecular weight excluding hydrogens is 1000 g/mol. The summed E-state index contributed by atoms with van der Waals surface area (Å²) in [6.07, 6.45) is 0.950. The van der Waals surface area contributed by atoms with Crippen LogP contribution in [0.5, 0.6) is 0 Å². The van der Waals surface area contributed by atoms with Crippen LogP contribution in [0.15, 0.2) is 74.2 Å². The van der Waals surface area contributed by atoms with Crippen molar-refractivity contribution < 1.29 is 61.9 Å². The van der Waals surface area contributed by atoms with E-state index in [4.69, 9.17) is 34.2 Å². The largest absolute Gasteiger partial charge is 0.461 e. The first-order valence-electron chi connectivity index (χ1n) is 26.0. The van der Waals surface area contributed by atoms with Gasteiger partial charge in [-0.05, 0) is 109 Å². The lowest BCUT2D eigenvalue weighted by atomic mass is 9.73. The molecule has 3 fully saturated rings. The number of hydrogen-bond acceptors (Lipinski definition) is 18. The minimum absolute atomic E-state index is 0.0814. The van der Waals surface area contributed by atoms with Gasteiger partial charge in [-0.2, -0.15) is 5.01 Å². The fourth-order valence-corrected chi connectivity index (χ4v) is 11.0. The second kappa shape index (κ2) is 24.3. The zero-order chi connectivity index (χ0) is 56.1. The molecule has 0 bridgehead atoms. The summed E-state index contributed by atoms with van der Waals surface area (Å²) in [4.78, 5) is 94.1. The van der Waals surface area contributed by atoms with E-state index in [-0.39, 0.29) is 29.9 Å². The number of anilines is 2. The smallest absolute Gasteiger partial charge is 0.430 e. The van der Waals surface area contributed by atoms with Gasteiger partial charge in [0, 0.05) is 56.5 Å². The number of carbonyl (C=O) groups is 5. The van der Waals surface area contributed by atoms with E-state index in [1.807, 2.05) is 6.92 Å². The lowest BCUT2D eigenvalue weighted by Gasteiger charge is -2.48. The van der Waals surface area contributed by atoms with Gasteiger partial charge in [0.1, 0.15) is 42.3 Å². The van der Waals surface area contributed by atoms with Crippen molar-refractivity contribution in [3.05, 3.63) is 85.6 Å². The zero-order valence-electron chi connectivity index (χ0n) is 45.4. The Morgan fingerprint density at radius 1 is 1.04 bits per heavy atom. The number of cyclic esters (lactones) is 1. The number of imidazole rings is 1. The fraction of sp³-hybridized carbons (Fsp3) is 0.574. The monoisotopic (exact) mass is 1070 g/mol. The van der Waals surface area contributed by atoms with Gasteiger partial charge in [-0.25, -0.2) is 33.9 Å². The maximum absolute atomic E-state index is 15.5. The number of Topliss-reactive ketones (excluding diaryl/α,β-unsaturated/α-hetero) is 1. The average molecular weight is 1070 g/mol. The van der Waals surface area contributed by atoms with Crippen LogP contribution >= 0.6 is 0 Å². The number of nitrogens with zero attached hydrogens (tertiary/aromatic N) is 8. The molecule has 1 aromatic carbocycles. The number of fused-ring (bicyclic) bond motifs is 2. The quantitative estimate of drug-likeness (QED) is 0.0704. The number of aromatic nitrogens is 5. The van der Waals surface area contributed by atoms with E-state index in [1.54, 1.807) is 68.7 Å². The van der Waals surface area contributed by atoms with E-state index in [0.29, 0.717) is 43.6 Å². The predicted molar refractivity (Wildman–Crippen MR) is 279 cm³/mol. The topological polar surface area (TPSA) is 265 Å². The van der Waals surface area contributed by atoms with E-state index < -0.39 is 119 Å². The Kier molecular flexibility index (Phi) is 18.3. The van der Waals surface area contributed by atoms with Crippen molar-refractivity contribution in [2.75, 3.05) is 31.0 Å². The van der Waals surface area contributed by atoms with E-state index >= 15 is 9.59 Å². The van der Waals surface area contributed by atoms with Crippen LogP contribution in [0.25, 0.3) is 11.2 Å². The van der Waals surface area contributed by atoms with Crippen molar-refractivity contribution in [2.24, 2.45) is 29.4 Å². The van der Waals surface area contributed by atoms with Crippen molar-refractivity contribution in [1.29, 1.82) is 0 Å². The Morgan fingerprint density at radius 3 is 2.43 bits per heavy atom. The highest BCUT2D eigenvalue weighted by Crippen LogP contribution is 2.45. The molecule has 22 nitrogen and oxygen atoms in total. The summed E-state index contributed by atoms with van der Waals surface area (Å²) >= 11 is 0. The number of pyridine rings is 1. The number of unbranched alkanes of at least 4 members (excludes halogenated alkanes) is 1. The van der Waals surface area contributed by atoms with Gasteiger partial charge in [0.05, 0.1) is 42.5 Å². The second-order valence-electron chi connectivity index (χ2n) is 20.9. The molecule has 3 saturated heterocycles. The van der Waals surface area contributed by atoms with Crippen LogP contribution in [0.4, 0.5) is 25.5 Å². The summed E-state index contributed by atoms with van der Waals surface area (Å²) in [5.41, 5.74) is 3.47. The van der Waals surface area contributed by atoms with Gasteiger partial charge in [0.2, 0.25) is 0 Å². The number of rotatable bonds is 15.